The maximum Gasteiger partial charge on any atom is 0.251 e. The van der Waals surface area contributed by atoms with E-state index in [-0.39, 0.29) is 11.8 Å². The van der Waals surface area contributed by atoms with Crippen LogP contribution < -0.4 is 10.6 Å². The number of aryl methyl sites for hydroxylation is 1. The van der Waals surface area contributed by atoms with Crippen molar-refractivity contribution in [1.82, 2.24) is 15.5 Å². The minimum Gasteiger partial charge on any atom is -0.340 e. The van der Waals surface area contributed by atoms with Gasteiger partial charge in [0.1, 0.15) is 11.0 Å². The summed E-state index contributed by atoms with van der Waals surface area (Å²) in [6.07, 6.45) is 0.349. The van der Waals surface area contributed by atoms with Gasteiger partial charge in [-0.05, 0) is 36.8 Å². The van der Waals surface area contributed by atoms with Crippen molar-refractivity contribution >= 4 is 44.2 Å². The lowest BCUT2D eigenvalue weighted by Gasteiger charge is -2.18. The highest BCUT2D eigenvalue weighted by molar-refractivity contribution is 9.10. The first kappa shape index (κ1) is 22.8. The molecule has 0 saturated carbocycles. The fourth-order valence-corrected chi connectivity index (χ4v) is 4.35. The number of halogens is 1. The third-order valence-electron chi connectivity index (χ3n) is 4.94. The van der Waals surface area contributed by atoms with Crippen LogP contribution in [0.1, 0.15) is 21.5 Å². The number of aromatic nitrogens is 2. The largest absolute Gasteiger partial charge is 0.340 e. The number of hydrogen-bond acceptors (Lipinski definition) is 5. The molecule has 4 aromatic rings. The van der Waals surface area contributed by atoms with Crippen molar-refractivity contribution < 1.29 is 9.59 Å². The zero-order valence-corrected chi connectivity index (χ0v) is 20.2. The van der Waals surface area contributed by atoms with Crippen LogP contribution in [0.3, 0.4) is 0 Å². The Morgan fingerprint density at radius 1 is 0.970 bits per heavy atom. The maximum absolute atomic E-state index is 13.1. The third kappa shape index (κ3) is 6.12. The smallest absolute Gasteiger partial charge is 0.251 e. The highest BCUT2D eigenvalue weighted by Crippen LogP contribution is 2.28. The number of carbonyl (C=O) groups excluding carboxylic acids is 2. The highest BCUT2D eigenvalue weighted by Gasteiger charge is 2.23. The van der Waals surface area contributed by atoms with Gasteiger partial charge in [0.2, 0.25) is 11.0 Å². The molecule has 8 heteroatoms. The number of nitrogens with zero attached hydrogens (tertiary/aromatic N) is 2. The average Bonchev–Trinajstić information content (AvgIpc) is 3.28. The first-order valence-electron chi connectivity index (χ1n) is 10.3. The Morgan fingerprint density at radius 3 is 2.45 bits per heavy atom. The molecule has 4 rings (SSSR count). The monoisotopic (exact) mass is 520 g/mol. The molecule has 0 radical (unpaired) electrons. The summed E-state index contributed by atoms with van der Waals surface area (Å²) in [6.45, 7) is 1.96. The number of amides is 2. The van der Waals surface area contributed by atoms with E-state index in [1.807, 2.05) is 73.7 Å². The lowest BCUT2D eigenvalue weighted by Crippen LogP contribution is -2.45. The molecule has 0 fully saturated rings. The van der Waals surface area contributed by atoms with Crippen molar-refractivity contribution in [3.8, 4) is 10.6 Å². The van der Waals surface area contributed by atoms with Gasteiger partial charge in [0.15, 0.2) is 0 Å². The molecular weight excluding hydrogens is 500 g/mol. The molecule has 0 saturated heterocycles. The van der Waals surface area contributed by atoms with Gasteiger partial charge in [-0.15, -0.1) is 10.2 Å². The van der Waals surface area contributed by atoms with Gasteiger partial charge < -0.3 is 5.32 Å². The van der Waals surface area contributed by atoms with E-state index in [2.05, 4.69) is 36.8 Å². The van der Waals surface area contributed by atoms with E-state index in [0.29, 0.717) is 22.1 Å². The standard InChI is InChI=1S/C25H21BrN4O2S/c1-16-10-12-18(13-11-16)22(31)27-21(14-17-6-3-2-4-7-17)23(32)28-25-30-29-24(33-25)19-8-5-9-20(26)15-19/h2-13,15,21H,14H2,1H3,(H,27,31)(H,28,30,32). The van der Waals surface area contributed by atoms with Crippen LogP contribution in [-0.4, -0.2) is 28.1 Å². The number of anilines is 1. The van der Waals surface area contributed by atoms with E-state index >= 15 is 0 Å². The molecule has 3 aromatic carbocycles. The van der Waals surface area contributed by atoms with Crippen LogP contribution in [0.4, 0.5) is 5.13 Å². The normalized spacial score (nSPS) is 11.6. The third-order valence-corrected chi connectivity index (χ3v) is 6.33. The van der Waals surface area contributed by atoms with E-state index in [0.717, 1.165) is 21.2 Å². The topological polar surface area (TPSA) is 84.0 Å². The molecule has 33 heavy (non-hydrogen) atoms. The van der Waals surface area contributed by atoms with Gasteiger partial charge >= 0.3 is 0 Å². The Kier molecular flexibility index (Phi) is 7.26. The predicted octanol–water partition coefficient (Wildman–Crippen LogP) is 5.26. The number of benzene rings is 3. The minimum absolute atomic E-state index is 0.307. The van der Waals surface area contributed by atoms with Crippen molar-refractivity contribution in [2.24, 2.45) is 0 Å². The molecule has 1 atom stereocenters. The lowest BCUT2D eigenvalue weighted by molar-refractivity contribution is -0.118. The first-order valence-corrected chi connectivity index (χ1v) is 11.9. The SMILES string of the molecule is Cc1ccc(C(=O)NC(Cc2ccccc2)C(=O)Nc2nnc(-c3cccc(Br)c3)s2)cc1. The molecule has 2 N–H and O–H groups in total. The molecule has 2 amide bonds. The molecule has 6 nitrogen and oxygen atoms in total. The fraction of sp³-hybridized carbons (Fsp3) is 0.120. The molecule has 1 aromatic heterocycles. The summed E-state index contributed by atoms with van der Waals surface area (Å²) in [5.74, 6) is -0.658. The van der Waals surface area contributed by atoms with E-state index in [9.17, 15) is 9.59 Å². The van der Waals surface area contributed by atoms with Crippen LogP contribution in [0.2, 0.25) is 0 Å². The zero-order valence-electron chi connectivity index (χ0n) is 17.8. The number of rotatable bonds is 7. The Balaban J connectivity index is 1.51. The lowest BCUT2D eigenvalue weighted by atomic mass is 10.0. The molecule has 166 valence electrons. The van der Waals surface area contributed by atoms with Gasteiger partial charge in [0.05, 0.1) is 0 Å². The summed E-state index contributed by atoms with van der Waals surface area (Å²) >= 11 is 4.73. The fourth-order valence-electron chi connectivity index (χ4n) is 3.21. The van der Waals surface area contributed by atoms with Crippen LogP contribution in [0.5, 0.6) is 0 Å². The van der Waals surface area contributed by atoms with Gasteiger partial charge in [0, 0.05) is 22.0 Å². The molecular formula is C25H21BrN4O2S. The molecule has 1 unspecified atom stereocenters. The molecule has 0 bridgehead atoms. The van der Waals surface area contributed by atoms with Crippen molar-refractivity contribution in [3.63, 3.8) is 0 Å². The summed E-state index contributed by atoms with van der Waals surface area (Å²) in [4.78, 5) is 26.0. The van der Waals surface area contributed by atoms with Gasteiger partial charge in [-0.3, -0.25) is 14.9 Å². The quantitative estimate of drug-likeness (QED) is 0.348. The summed E-state index contributed by atoms with van der Waals surface area (Å²) < 4.78 is 0.933. The summed E-state index contributed by atoms with van der Waals surface area (Å²) in [5, 5.41) is 15.0. The van der Waals surface area contributed by atoms with Crippen LogP contribution >= 0.6 is 27.3 Å². The molecule has 0 aliphatic carbocycles. The van der Waals surface area contributed by atoms with Crippen molar-refractivity contribution in [2.45, 2.75) is 19.4 Å². The maximum atomic E-state index is 13.1. The summed E-state index contributed by atoms with van der Waals surface area (Å²) in [6, 6.07) is 23.7. The second-order valence-electron chi connectivity index (χ2n) is 7.49. The Bertz CT molecular complexity index is 1260. The molecule has 1 heterocycles. The Labute approximate surface area is 204 Å². The Morgan fingerprint density at radius 2 is 1.73 bits per heavy atom. The van der Waals surface area contributed by atoms with Crippen LogP contribution in [0.25, 0.3) is 10.6 Å². The van der Waals surface area contributed by atoms with E-state index in [1.165, 1.54) is 11.3 Å². The van der Waals surface area contributed by atoms with Crippen molar-refractivity contribution in [2.75, 3.05) is 5.32 Å². The summed E-state index contributed by atoms with van der Waals surface area (Å²) in [5.41, 5.74) is 3.40. The van der Waals surface area contributed by atoms with Crippen LogP contribution in [0.15, 0.2) is 83.3 Å². The zero-order chi connectivity index (χ0) is 23.2. The Hall–Kier alpha value is -3.36. The van der Waals surface area contributed by atoms with Gasteiger partial charge in [-0.25, -0.2) is 0 Å². The van der Waals surface area contributed by atoms with E-state index in [4.69, 9.17) is 0 Å². The molecule has 0 aliphatic rings. The highest BCUT2D eigenvalue weighted by atomic mass is 79.9. The van der Waals surface area contributed by atoms with E-state index < -0.39 is 6.04 Å². The minimum atomic E-state index is -0.778. The van der Waals surface area contributed by atoms with Crippen molar-refractivity contribution in [1.29, 1.82) is 0 Å². The first-order chi connectivity index (χ1) is 16.0. The summed E-state index contributed by atoms with van der Waals surface area (Å²) in [7, 11) is 0. The van der Waals surface area contributed by atoms with Gasteiger partial charge in [-0.2, -0.15) is 0 Å². The van der Waals surface area contributed by atoms with Gasteiger partial charge in [-0.1, -0.05) is 87.4 Å². The second kappa shape index (κ2) is 10.5. The van der Waals surface area contributed by atoms with E-state index in [1.54, 1.807) is 12.1 Å². The predicted molar refractivity (Wildman–Crippen MR) is 134 cm³/mol. The number of carbonyl (C=O) groups is 2. The molecule has 0 aliphatic heterocycles. The average molecular weight is 521 g/mol. The molecule has 0 spiro atoms. The number of nitrogens with one attached hydrogen (secondary N) is 2. The number of hydrogen-bond donors (Lipinski definition) is 2. The van der Waals surface area contributed by atoms with Crippen molar-refractivity contribution in [3.05, 3.63) is 100 Å². The van der Waals surface area contributed by atoms with Crippen LogP contribution in [0, 0.1) is 6.92 Å². The van der Waals surface area contributed by atoms with Crippen LogP contribution in [-0.2, 0) is 11.2 Å². The van der Waals surface area contributed by atoms with Gasteiger partial charge in [0.25, 0.3) is 5.91 Å². The second-order valence-corrected chi connectivity index (χ2v) is 9.39.